The Morgan fingerprint density at radius 2 is 1.95 bits per heavy atom. The highest BCUT2D eigenvalue weighted by molar-refractivity contribution is 7.11. The molecule has 2 aliphatic rings. The molecule has 1 aromatic heterocycles. The maximum Gasteiger partial charge on any atom is 0.236 e. The number of carbonyl (C=O) groups is 1. The number of hydrogen-bond acceptors (Lipinski definition) is 4. The second-order valence-electron chi connectivity index (χ2n) is 6.70. The Morgan fingerprint density at radius 3 is 2.52 bits per heavy atom. The number of aryl methyl sites for hydroxylation is 1. The molecule has 2 fully saturated rings. The van der Waals surface area contributed by atoms with Gasteiger partial charge in [0, 0.05) is 29.6 Å². The molecule has 0 aliphatic carbocycles. The monoisotopic (exact) mass is 307 g/mol. The molecule has 0 aromatic carbocycles. The third-order valence-corrected chi connectivity index (χ3v) is 6.13. The van der Waals surface area contributed by atoms with Gasteiger partial charge < -0.3 is 4.90 Å². The molecule has 1 aromatic rings. The van der Waals surface area contributed by atoms with E-state index in [9.17, 15) is 4.79 Å². The molecule has 3 rings (SSSR count). The number of rotatable bonds is 3. The summed E-state index contributed by atoms with van der Waals surface area (Å²) < 4.78 is 0. The fourth-order valence-corrected chi connectivity index (χ4v) is 4.28. The van der Waals surface area contributed by atoms with Crippen molar-refractivity contribution in [3.05, 3.63) is 16.1 Å². The van der Waals surface area contributed by atoms with E-state index in [1.165, 1.54) is 22.7 Å². The first-order valence-electron chi connectivity index (χ1n) is 8.00. The molecule has 0 unspecified atom stereocenters. The van der Waals surface area contributed by atoms with Crippen LogP contribution < -0.4 is 0 Å². The van der Waals surface area contributed by atoms with Crippen molar-refractivity contribution >= 4 is 17.2 Å². The second kappa shape index (κ2) is 6.05. The largest absolute Gasteiger partial charge is 0.342 e. The molecule has 0 bridgehead atoms. The molecule has 2 saturated heterocycles. The highest BCUT2D eigenvalue weighted by Crippen LogP contribution is 2.37. The van der Waals surface area contributed by atoms with Crippen molar-refractivity contribution in [3.8, 4) is 0 Å². The molecule has 5 heteroatoms. The maximum absolute atomic E-state index is 12.2. The fourth-order valence-electron chi connectivity index (χ4n) is 3.31. The standard InChI is InChI=1S/C16H25N3OS/c1-13-11-17-15(21-13)16(2)5-9-18(10-6-16)12-14(20)19-7-3-4-8-19/h11H,3-10,12H2,1-2H3. The highest BCUT2D eigenvalue weighted by Gasteiger charge is 2.35. The Balaban J connectivity index is 1.54. The van der Waals surface area contributed by atoms with Crippen LogP contribution in [0.2, 0.25) is 0 Å². The zero-order valence-electron chi connectivity index (χ0n) is 13.1. The van der Waals surface area contributed by atoms with Crippen LogP contribution in [-0.2, 0) is 10.2 Å². The predicted octanol–water partition coefficient (Wildman–Crippen LogP) is 2.43. The van der Waals surface area contributed by atoms with E-state index >= 15 is 0 Å². The number of thiazole rings is 1. The van der Waals surface area contributed by atoms with Gasteiger partial charge in [0.05, 0.1) is 11.6 Å². The minimum Gasteiger partial charge on any atom is -0.342 e. The van der Waals surface area contributed by atoms with Crippen molar-refractivity contribution in [2.24, 2.45) is 0 Å². The van der Waals surface area contributed by atoms with Crippen molar-refractivity contribution in [2.45, 2.75) is 44.9 Å². The summed E-state index contributed by atoms with van der Waals surface area (Å²) in [6.07, 6.45) is 6.54. The quantitative estimate of drug-likeness (QED) is 0.860. The van der Waals surface area contributed by atoms with Crippen molar-refractivity contribution in [1.29, 1.82) is 0 Å². The number of hydrogen-bond donors (Lipinski definition) is 0. The Kier molecular flexibility index (Phi) is 4.31. The molecule has 1 amide bonds. The van der Waals surface area contributed by atoms with Gasteiger partial charge >= 0.3 is 0 Å². The first kappa shape index (κ1) is 15.0. The Bertz CT molecular complexity index is 499. The van der Waals surface area contributed by atoms with Gasteiger partial charge in [-0.25, -0.2) is 4.98 Å². The van der Waals surface area contributed by atoms with E-state index < -0.39 is 0 Å². The van der Waals surface area contributed by atoms with Gasteiger partial charge in [0.25, 0.3) is 0 Å². The van der Waals surface area contributed by atoms with Crippen molar-refractivity contribution in [3.63, 3.8) is 0 Å². The average molecular weight is 307 g/mol. The van der Waals surface area contributed by atoms with Gasteiger partial charge in [0.2, 0.25) is 5.91 Å². The van der Waals surface area contributed by atoms with Gasteiger partial charge in [0.15, 0.2) is 0 Å². The van der Waals surface area contributed by atoms with Crippen LogP contribution >= 0.6 is 11.3 Å². The van der Waals surface area contributed by atoms with Crippen molar-refractivity contribution in [2.75, 3.05) is 32.7 Å². The zero-order chi connectivity index (χ0) is 14.9. The summed E-state index contributed by atoms with van der Waals surface area (Å²) in [5.74, 6) is 0.321. The Hall–Kier alpha value is -0.940. The van der Waals surface area contributed by atoms with Crippen LogP contribution in [0.5, 0.6) is 0 Å². The van der Waals surface area contributed by atoms with E-state index in [1.807, 2.05) is 22.4 Å². The lowest BCUT2D eigenvalue weighted by Gasteiger charge is -2.38. The molecular weight excluding hydrogens is 282 g/mol. The molecule has 0 atom stereocenters. The van der Waals surface area contributed by atoms with Gasteiger partial charge in [-0.05, 0) is 45.7 Å². The minimum absolute atomic E-state index is 0.201. The van der Waals surface area contributed by atoms with E-state index in [-0.39, 0.29) is 5.41 Å². The number of piperidine rings is 1. The van der Waals surface area contributed by atoms with E-state index in [1.54, 1.807) is 0 Å². The maximum atomic E-state index is 12.2. The van der Waals surface area contributed by atoms with E-state index in [4.69, 9.17) is 0 Å². The average Bonchev–Trinajstić information content (AvgIpc) is 3.12. The molecular formula is C16H25N3OS. The smallest absolute Gasteiger partial charge is 0.236 e. The lowest BCUT2D eigenvalue weighted by atomic mass is 9.81. The van der Waals surface area contributed by atoms with E-state index in [0.717, 1.165) is 39.0 Å². The molecule has 21 heavy (non-hydrogen) atoms. The van der Waals surface area contributed by atoms with Crippen molar-refractivity contribution < 1.29 is 4.79 Å². The third-order valence-electron chi connectivity index (χ3n) is 4.91. The second-order valence-corrected chi connectivity index (χ2v) is 7.94. The number of amides is 1. The minimum atomic E-state index is 0.201. The van der Waals surface area contributed by atoms with Crippen LogP contribution in [0, 0.1) is 6.92 Å². The molecule has 0 spiro atoms. The van der Waals surface area contributed by atoms with Gasteiger partial charge in [-0.2, -0.15) is 0 Å². The van der Waals surface area contributed by atoms with Gasteiger partial charge in [0.1, 0.15) is 0 Å². The number of nitrogens with zero attached hydrogens (tertiary/aromatic N) is 3. The fraction of sp³-hybridized carbons (Fsp3) is 0.750. The van der Waals surface area contributed by atoms with E-state index in [2.05, 4.69) is 23.7 Å². The Morgan fingerprint density at radius 1 is 1.29 bits per heavy atom. The van der Waals surface area contributed by atoms with Crippen LogP contribution in [-0.4, -0.2) is 53.4 Å². The highest BCUT2D eigenvalue weighted by atomic mass is 32.1. The normalized spacial score (nSPS) is 22.7. The molecule has 0 N–H and O–H groups in total. The molecule has 3 heterocycles. The Labute approximate surface area is 131 Å². The summed E-state index contributed by atoms with van der Waals surface area (Å²) >= 11 is 1.82. The summed E-state index contributed by atoms with van der Waals surface area (Å²) in [6.45, 7) is 8.99. The van der Waals surface area contributed by atoms with Crippen LogP contribution in [0.1, 0.15) is 42.5 Å². The molecule has 116 valence electrons. The van der Waals surface area contributed by atoms with Crippen LogP contribution in [0.3, 0.4) is 0 Å². The summed E-state index contributed by atoms with van der Waals surface area (Å²) in [4.78, 5) is 22.4. The van der Waals surface area contributed by atoms with Gasteiger partial charge in [-0.1, -0.05) is 6.92 Å². The lowest BCUT2D eigenvalue weighted by Crippen LogP contribution is -2.45. The number of carbonyl (C=O) groups excluding carboxylic acids is 1. The summed E-state index contributed by atoms with van der Waals surface area (Å²) in [7, 11) is 0. The molecule has 4 nitrogen and oxygen atoms in total. The van der Waals surface area contributed by atoms with Crippen molar-refractivity contribution in [1.82, 2.24) is 14.8 Å². The van der Waals surface area contributed by atoms with Crippen LogP contribution in [0.25, 0.3) is 0 Å². The number of likely N-dealkylation sites (tertiary alicyclic amines) is 2. The summed E-state index contributed by atoms with van der Waals surface area (Å²) in [5, 5.41) is 1.27. The summed E-state index contributed by atoms with van der Waals surface area (Å²) in [5.41, 5.74) is 0.201. The topological polar surface area (TPSA) is 36.4 Å². The zero-order valence-corrected chi connectivity index (χ0v) is 13.9. The lowest BCUT2D eigenvalue weighted by molar-refractivity contribution is -0.131. The van der Waals surface area contributed by atoms with Crippen LogP contribution in [0.15, 0.2) is 6.20 Å². The van der Waals surface area contributed by atoms with Gasteiger partial charge in [-0.3, -0.25) is 9.69 Å². The molecule has 2 aliphatic heterocycles. The van der Waals surface area contributed by atoms with E-state index in [0.29, 0.717) is 12.5 Å². The first-order chi connectivity index (χ1) is 10.1. The summed E-state index contributed by atoms with van der Waals surface area (Å²) in [6, 6.07) is 0. The third kappa shape index (κ3) is 3.29. The predicted molar refractivity (Wildman–Crippen MR) is 85.7 cm³/mol. The SMILES string of the molecule is Cc1cnc(C2(C)CCN(CC(=O)N3CCCC3)CC2)s1. The molecule has 0 saturated carbocycles. The van der Waals surface area contributed by atoms with Gasteiger partial charge in [-0.15, -0.1) is 11.3 Å². The first-order valence-corrected chi connectivity index (χ1v) is 8.81. The number of aromatic nitrogens is 1. The molecule has 0 radical (unpaired) electrons. The van der Waals surface area contributed by atoms with Crippen LogP contribution in [0.4, 0.5) is 0 Å².